The van der Waals surface area contributed by atoms with Gasteiger partial charge in [0.05, 0.1) is 13.2 Å². The molecule has 0 bridgehead atoms. The minimum Gasteiger partial charge on any atom is -0.496 e. The van der Waals surface area contributed by atoms with E-state index in [-0.39, 0.29) is 30.5 Å². The van der Waals surface area contributed by atoms with Crippen LogP contribution in [-0.4, -0.2) is 49.8 Å². The first-order valence-corrected chi connectivity index (χ1v) is 9.45. The van der Waals surface area contributed by atoms with Gasteiger partial charge >= 0.3 is 0 Å². The number of nitrogens with two attached hydrogens (primary N) is 1. The number of hydrogen-bond acceptors (Lipinski definition) is 4. The molecule has 0 radical (unpaired) electrons. The van der Waals surface area contributed by atoms with Gasteiger partial charge in [-0.05, 0) is 61.8 Å². The fourth-order valence-corrected chi connectivity index (χ4v) is 4.11. The number of rotatable bonds is 5. The normalized spacial score (nSPS) is 25.7. The van der Waals surface area contributed by atoms with Crippen molar-refractivity contribution in [2.45, 2.75) is 44.3 Å². The minimum absolute atomic E-state index is 0. The molecule has 146 valence electrons. The molecule has 0 saturated carbocycles. The molecule has 0 aromatic heterocycles. The van der Waals surface area contributed by atoms with E-state index in [0.717, 1.165) is 56.5 Å². The van der Waals surface area contributed by atoms with E-state index in [0.29, 0.717) is 17.5 Å². The highest BCUT2D eigenvalue weighted by atomic mass is 35.5. The first-order valence-electron chi connectivity index (χ1n) is 9.07. The second kappa shape index (κ2) is 9.79. The Labute approximate surface area is 166 Å². The molecule has 2 fully saturated rings. The Kier molecular flexibility index (Phi) is 8.02. The van der Waals surface area contributed by atoms with Crippen LogP contribution in [0.2, 0.25) is 5.02 Å². The van der Waals surface area contributed by atoms with Crippen molar-refractivity contribution in [1.29, 1.82) is 0 Å². The maximum absolute atomic E-state index is 12.8. The van der Waals surface area contributed by atoms with Crippen LogP contribution in [0, 0.1) is 5.92 Å². The van der Waals surface area contributed by atoms with Crippen LogP contribution in [0.3, 0.4) is 0 Å². The average Bonchev–Trinajstić information content (AvgIpc) is 3.11. The lowest BCUT2D eigenvalue weighted by molar-refractivity contribution is -0.144. The third-order valence-electron chi connectivity index (χ3n) is 5.23. The Morgan fingerprint density at radius 1 is 1.38 bits per heavy atom. The van der Waals surface area contributed by atoms with Crippen LogP contribution in [0.15, 0.2) is 18.2 Å². The molecule has 2 saturated heterocycles. The van der Waals surface area contributed by atoms with Gasteiger partial charge in [-0.15, -0.1) is 12.4 Å². The molecular weight excluding hydrogens is 375 g/mol. The third kappa shape index (κ3) is 5.03. The summed E-state index contributed by atoms with van der Waals surface area (Å²) in [6.45, 7) is 2.07. The molecule has 2 heterocycles. The number of amides is 1. The molecule has 0 aliphatic carbocycles. The summed E-state index contributed by atoms with van der Waals surface area (Å²) in [5, 5.41) is 0.715. The molecule has 26 heavy (non-hydrogen) atoms. The molecule has 1 aromatic rings. The smallest absolute Gasteiger partial charge is 0.251 e. The maximum atomic E-state index is 12.8. The highest BCUT2D eigenvalue weighted by molar-refractivity contribution is 6.30. The number of piperidine rings is 1. The van der Waals surface area contributed by atoms with Crippen LogP contribution in [0.4, 0.5) is 0 Å². The van der Waals surface area contributed by atoms with Crippen LogP contribution < -0.4 is 10.5 Å². The minimum atomic E-state index is -0.312. The fraction of sp³-hybridized carbons (Fsp3) is 0.632. The van der Waals surface area contributed by atoms with E-state index in [9.17, 15) is 4.79 Å². The van der Waals surface area contributed by atoms with Gasteiger partial charge in [0.2, 0.25) is 0 Å². The molecule has 3 rings (SSSR count). The zero-order valence-electron chi connectivity index (χ0n) is 15.2. The number of carbonyl (C=O) groups is 1. The van der Waals surface area contributed by atoms with Crippen LogP contribution in [0.5, 0.6) is 5.75 Å². The van der Waals surface area contributed by atoms with E-state index in [1.807, 2.05) is 23.1 Å². The van der Waals surface area contributed by atoms with Gasteiger partial charge in [-0.25, -0.2) is 0 Å². The number of likely N-dealkylation sites (tertiary alicyclic amines) is 1. The zero-order chi connectivity index (χ0) is 17.8. The lowest BCUT2D eigenvalue weighted by Crippen LogP contribution is -2.45. The monoisotopic (exact) mass is 402 g/mol. The van der Waals surface area contributed by atoms with Crippen molar-refractivity contribution in [2.75, 3.05) is 26.7 Å². The van der Waals surface area contributed by atoms with Crippen LogP contribution >= 0.6 is 24.0 Å². The van der Waals surface area contributed by atoms with Gasteiger partial charge in [0.25, 0.3) is 5.91 Å². The van der Waals surface area contributed by atoms with E-state index in [4.69, 9.17) is 26.8 Å². The summed E-state index contributed by atoms with van der Waals surface area (Å²) in [5.41, 5.74) is 6.76. The van der Waals surface area contributed by atoms with Gasteiger partial charge < -0.3 is 20.1 Å². The van der Waals surface area contributed by atoms with E-state index in [1.165, 1.54) is 0 Å². The first-order chi connectivity index (χ1) is 12.1. The lowest BCUT2D eigenvalue weighted by atomic mass is 9.90. The summed E-state index contributed by atoms with van der Waals surface area (Å²) < 4.78 is 11.2. The molecule has 5 nitrogen and oxygen atoms in total. The van der Waals surface area contributed by atoms with Gasteiger partial charge in [0.15, 0.2) is 0 Å². The second-order valence-corrected chi connectivity index (χ2v) is 7.45. The highest BCUT2D eigenvalue weighted by Crippen LogP contribution is 2.29. The molecule has 7 heteroatoms. The van der Waals surface area contributed by atoms with Gasteiger partial charge in [-0.1, -0.05) is 11.6 Å². The molecule has 1 amide bonds. The number of benzene rings is 1. The molecule has 1 aromatic carbocycles. The van der Waals surface area contributed by atoms with Crippen molar-refractivity contribution in [3.05, 3.63) is 28.8 Å². The van der Waals surface area contributed by atoms with Crippen LogP contribution in [-0.2, 0) is 16.0 Å². The molecule has 2 aliphatic rings. The topological polar surface area (TPSA) is 64.8 Å². The lowest BCUT2D eigenvalue weighted by Gasteiger charge is -2.34. The van der Waals surface area contributed by atoms with E-state index < -0.39 is 0 Å². The predicted octanol–water partition coefficient (Wildman–Crippen LogP) is 3.06. The second-order valence-electron chi connectivity index (χ2n) is 7.01. The Hall–Kier alpha value is -1.01. The van der Waals surface area contributed by atoms with E-state index >= 15 is 0 Å². The summed E-state index contributed by atoms with van der Waals surface area (Å²) in [6.07, 6.45) is 4.37. The summed E-state index contributed by atoms with van der Waals surface area (Å²) in [5.74, 6) is 1.40. The predicted molar refractivity (Wildman–Crippen MR) is 105 cm³/mol. The van der Waals surface area contributed by atoms with Crippen molar-refractivity contribution in [3.8, 4) is 5.75 Å². The molecule has 3 atom stereocenters. The van der Waals surface area contributed by atoms with Crippen molar-refractivity contribution in [1.82, 2.24) is 4.90 Å². The Morgan fingerprint density at radius 3 is 2.88 bits per heavy atom. The number of hydrogen-bond donors (Lipinski definition) is 1. The van der Waals surface area contributed by atoms with Crippen molar-refractivity contribution >= 4 is 29.9 Å². The molecular formula is C19H28Cl2N2O3. The van der Waals surface area contributed by atoms with Crippen molar-refractivity contribution in [3.63, 3.8) is 0 Å². The summed E-state index contributed by atoms with van der Waals surface area (Å²) in [7, 11) is 1.68. The Bertz CT molecular complexity index is 614. The molecule has 1 unspecified atom stereocenters. The number of nitrogens with zero attached hydrogens (tertiary/aromatic N) is 1. The highest BCUT2D eigenvalue weighted by Gasteiger charge is 2.34. The average molecular weight is 403 g/mol. The van der Waals surface area contributed by atoms with E-state index in [1.54, 1.807) is 7.11 Å². The quantitative estimate of drug-likeness (QED) is 0.821. The van der Waals surface area contributed by atoms with Gasteiger partial charge in [-0.2, -0.15) is 0 Å². The molecule has 2 aliphatic heterocycles. The third-order valence-corrected chi connectivity index (χ3v) is 5.46. The summed E-state index contributed by atoms with van der Waals surface area (Å²) in [4.78, 5) is 14.7. The van der Waals surface area contributed by atoms with Gasteiger partial charge in [-0.3, -0.25) is 4.79 Å². The Morgan fingerprint density at radius 2 is 2.19 bits per heavy atom. The number of ether oxygens (including phenoxy) is 2. The van der Waals surface area contributed by atoms with Gasteiger partial charge in [0.1, 0.15) is 11.9 Å². The standard InChI is InChI=1S/C19H27ClN2O3.ClH/c1-24-17-6-4-15(20)10-14(17)9-13-3-2-8-22(12-13)19(23)18-7-5-16(11-21)25-18;/h4,6,10,13,16,18H,2-3,5,7-9,11-12,21H2,1H3;1H/t13?,16-,18+;/m1./s1. The van der Waals surface area contributed by atoms with Crippen LogP contribution in [0.25, 0.3) is 0 Å². The number of halogens is 2. The number of carbonyl (C=O) groups excluding carboxylic acids is 1. The largest absolute Gasteiger partial charge is 0.496 e. The first kappa shape index (κ1) is 21.3. The van der Waals surface area contributed by atoms with E-state index in [2.05, 4.69) is 0 Å². The number of methoxy groups -OCH3 is 1. The summed E-state index contributed by atoms with van der Waals surface area (Å²) >= 11 is 6.14. The molecule has 2 N–H and O–H groups in total. The van der Waals surface area contributed by atoms with Crippen molar-refractivity contribution in [2.24, 2.45) is 11.7 Å². The SMILES string of the molecule is COc1ccc(Cl)cc1CC1CCCN(C(=O)[C@@H]2CC[C@H](CN)O2)C1.Cl. The summed E-state index contributed by atoms with van der Waals surface area (Å²) in [6, 6.07) is 5.71. The zero-order valence-corrected chi connectivity index (χ0v) is 16.7. The van der Waals surface area contributed by atoms with Crippen molar-refractivity contribution < 1.29 is 14.3 Å². The van der Waals surface area contributed by atoms with Gasteiger partial charge in [0, 0.05) is 24.7 Å². The Balaban J connectivity index is 0.00000243. The maximum Gasteiger partial charge on any atom is 0.251 e. The van der Waals surface area contributed by atoms with Crippen LogP contribution in [0.1, 0.15) is 31.2 Å². The fourth-order valence-electron chi connectivity index (χ4n) is 3.91. The molecule has 0 spiro atoms.